The molecule has 0 aliphatic heterocycles. The van der Waals surface area contributed by atoms with E-state index in [4.69, 9.17) is 0 Å². The summed E-state index contributed by atoms with van der Waals surface area (Å²) in [6, 6.07) is 44.3. The lowest BCUT2D eigenvalue weighted by Gasteiger charge is -2.11. The van der Waals surface area contributed by atoms with Gasteiger partial charge >= 0.3 is 0 Å². The SMILES string of the molecule is C=C/C=C\C.C=C/C=C\c1c(C)c2ccccc2n1-c1ccc(Cc2ccc(Cc3ccc(-n4c(/C=C\C=C)c(C)c5ccccc54)cc3)cc2)cc1. The van der Waals surface area contributed by atoms with E-state index in [9.17, 15) is 0 Å². The minimum Gasteiger partial charge on any atom is -0.310 e. The summed E-state index contributed by atoms with van der Waals surface area (Å²) in [7, 11) is 0. The first-order chi connectivity index (χ1) is 26.0. The summed E-state index contributed by atoms with van der Waals surface area (Å²) in [6.07, 6.45) is 19.4. The van der Waals surface area contributed by atoms with E-state index in [-0.39, 0.29) is 0 Å². The van der Waals surface area contributed by atoms with Crippen LogP contribution in [0.5, 0.6) is 0 Å². The van der Waals surface area contributed by atoms with Gasteiger partial charge in [-0.25, -0.2) is 0 Å². The zero-order valence-corrected chi connectivity index (χ0v) is 31.2. The Kier molecular flexibility index (Phi) is 11.8. The van der Waals surface area contributed by atoms with Gasteiger partial charge in [-0.05, 0) is 116 Å². The van der Waals surface area contributed by atoms with Crippen molar-refractivity contribution in [2.24, 2.45) is 0 Å². The van der Waals surface area contributed by atoms with Crippen molar-refractivity contribution < 1.29 is 0 Å². The summed E-state index contributed by atoms with van der Waals surface area (Å²) >= 11 is 0. The summed E-state index contributed by atoms with van der Waals surface area (Å²) in [5.74, 6) is 0. The first kappa shape index (κ1) is 36.4. The normalized spacial score (nSPS) is 11.5. The van der Waals surface area contributed by atoms with Crippen LogP contribution in [0.25, 0.3) is 45.3 Å². The maximum atomic E-state index is 3.87. The molecule has 2 nitrogen and oxygen atoms in total. The topological polar surface area (TPSA) is 9.86 Å². The number of aromatic nitrogens is 2. The number of allylic oxidation sites excluding steroid dienone is 7. The van der Waals surface area contributed by atoms with Crippen LogP contribution in [-0.2, 0) is 12.8 Å². The molecule has 0 atom stereocenters. The van der Waals surface area contributed by atoms with Crippen LogP contribution in [0.15, 0.2) is 184 Å². The van der Waals surface area contributed by atoms with Gasteiger partial charge in [0.2, 0.25) is 0 Å². The third kappa shape index (κ3) is 8.08. The largest absolute Gasteiger partial charge is 0.310 e. The van der Waals surface area contributed by atoms with Crippen LogP contribution in [-0.4, -0.2) is 9.13 Å². The van der Waals surface area contributed by atoms with Crippen molar-refractivity contribution in [1.82, 2.24) is 9.13 Å². The number of benzene rings is 5. The van der Waals surface area contributed by atoms with Crippen molar-refractivity contribution in [1.29, 1.82) is 0 Å². The molecule has 53 heavy (non-hydrogen) atoms. The highest BCUT2D eigenvalue weighted by Crippen LogP contribution is 2.32. The summed E-state index contributed by atoms with van der Waals surface area (Å²) in [5.41, 5.74) is 14.9. The zero-order chi connectivity index (χ0) is 37.2. The zero-order valence-electron chi connectivity index (χ0n) is 31.2. The molecule has 0 saturated carbocycles. The van der Waals surface area contributed by atoms with Gasteiger partial charge in [-0.2, -0.15) is 0 Å². The molecule has 0 bridgehead atoms. The van der Waals surface area contributed by atoms with Gasteiger partial charge in [0.15, 0.2) is 0 Å². The first-order valence-electron chi connectivity index (χ1n) is 18.3. The maximum absolute atomic E-state index is 3.87. The number of rotatable bonds is 11. The van der Waals surface area contributed by atoms with Gasteiger partial charge in [-0.1, -0.05) is 147 Å². The lowest BCUT2D eigenvalue weighted by molar-refractivity contribution is 1.08. The second-order valence-electron chi connectivity index (χ2n) is 13.2. The fourth-order valence-electron chi connectivity index (χ4n) is 7.02. The van der Waals surface area contributed by atoms with Gasteiger partial charge < -0.3 is 9.13 Å². The van der Waals surface area contributed by atoms with Crippen molar-refractivity contribution >= 4 is 34.0 Å². The second kappa shape index (κ2) is 17.2. The maximum Gasteiger partial charge on any atom is 0.0537 e. The summed E-state index contributed by atoms with van der Waals surface area (Å²) < 4.78 is 4.69. The molecule has 2 aromatic heterocycles. The van der Waals surface area contributed by atoms with E-state index in [0.29, 0.717) is 0 Å². The Hall–Kier alpha value is -6.38. The molecule has 0 saturated heterocycles. The summed E-state index contributed by atoms with van der Waals surface area (Å²) in [6.45, 7) is 17.6. The molecule has 0 N–H and O–H groups in total. The minimum atomic E-state index is 0.900. The third-order valence-electron chi connectivity index (χ3n) is 9.69. The molecule has 0 fully saturated rings. The van der Waals surface area contributed by atoms with Crippen molar-refractivity contribution in [3.8, 4) is 11.4 Å². The molecular formula is C51H48N2. The molecule has 7 aromatic rings. The molecule has 0 unspecified atom stereocenters. The Bertz CT molecular complexity index is 2270. The van der Waals surface area contributed by atoms with E-state index in [2.05, 4.69) is 176 Å². The van der Waals surface area contributed by atoms with Crippen molar-refractivity contribution in [3.05, 3.63) is 228 Å². The predicted molar refractivity (Wildman–Crippen MR) is 232 cm³/mol. The predicted octanol–water partition coefficient (Wildman–Crippen LogP) is 13.5. The van der Waals surface area contributed by atoms with Crippen LogP contribution in [0.2, 0.25) is 0 Å². The van der Waals surface area contributed by atoms with Gasteiger partial charge in [0.1, 0.15) is 0 Å². The van der Waals surface area contributed by atoms with Crippen LogP contribution in [0.1, 0.15) is 51.7 Å². The fraction of sp³-hybridized carbons (Fsp3) is 0.0980. The number of fused-ring (bicyclic) bond motifs is 2. The smallest absolute Gasteiger partial charge is 0.0537 e. The van der Waals surface area contributed by atoms with E-state index < -0.39 is 0 Å². The molecule has 262 valence electrons. The molecular weight excluding hydrogens is 641 g/mol. The average Bonchev–Trinajstić information content (AvgIpc) is 3.64. The van der Waals surface area contributed by atoms with Crippen LogP contribution >= 0.6 is 0 Å². The number of hydrogen-bond donors (Lipinski definition) is 0. The summed E-state index contributed by atoms with van der Waals surface area (Å²) in [5, 5.41) is 2.55. The van der Waals surface area contributed by atoms with E-state index in [1.54, 1.807) is 6.08 Å². The van der Waals surface area contributed by atoms with Gasteiger partial charge in [-0.3, -0.25) is 0 Å². The third-order valence-corrected chi connectivity index (χ3v) is 9.69. The average molecular weight is 689 g/mol. The number of aryl methyl sites for hydroxylation is 2. The highest BCUT2D eigenvalue weighted by atomic mass is 15.0. The van der Waals surface area contributed by atoms with Crippen LogP contribution in [0, 0.1) is 13.8 Å². The standard InChI is InChI=1S/C46H40N2.C5H8/c1-5-7-15-43-33(3)41-13-9-11-17-45(41)47(43)39-27-23-37(24-28-39)31-35-19-21-36(22-20-35)32-38-25-29-40(30-26-38)48-44(16-8-6-2)34(4)42-14-10-12-18-46(42)48;1-3-5-4-2/h5-30H,1-2,31-32H2,3-4H3;3-5H,1H2,2H3/b15-7-,16-8-;5-4-. The molecule has 2 heterocycles. The van der Waals surface area contributed by atoms with Crippen LogP contribution < -0.4 is 0 Å². The van der Waals surface area contributed by atoms with E-state index >= 15 is 0 Å². The molecule has 0 amide bonds. The molecule has 7 rings (SSSR count). The molecule has 0 spiro atoms. The van der Waals surface area contributed by atoms with Crippen molar-refractivity contribution in [2.75, 3.05) is 0 Å². The lowest BCUT2D eigenvalue weighted by Crippen LogP contribution is -1.98. The monoisotopic (exact) mass is 688 g/mol. The highest BCUT2D eigenvalue weighted by molar-refractivity contribution is 5.91. The quantitative estimate of drug-likeness (QED) is 0.120. The van der Waals surface area contributed by atoms with E-state index in [1.165, 1.54) is 66.6 Å². The van der Waals surface area contributed by atoms with Crippen LogP contribution in [0.3, 0.4) is 0 Å². The second-order valence-corrected chi connectivity index (χ2v) is 13.2. The van der Waals surface area contributed by atoms with Gasteiger partial charge in [0.25, 0.3) is 0 Å². The lowest BCUT2D eigenvalue weighted by atomic mass is 10.00. The van der Waals surface area contributed by atoms with Crippen molar-refractivity contribution in [3.63, 3.8) is 0 Å². The Balaban J connectivity index is 0.000000902. The number of hydrogen-bond acceptors (Lipinski definition) is 0. The Labute approximate surface area is 315 Å². The van der Waals surface area contributed by atoms with Gasteiger partial charge in [-0.15, -0.1) is 0 Å². The van der Waals surface area contributed by atoms with E-state index in [1.807, 2.05) is 43.4 Å². The summed E-state index contributed by atoms with van der Waals surface area (Å²) in [4.78, 5) is 0. The Morgan fingerprint density at radius 3 is 1.11 bits per heavy atom. The Morgan fingerprint density at radius 1 is 0.453 bits per heavy atom. The molecule has 5 aromatic carbocycles. The molecule has 2 heteroatoms. The highest BCUT2D eigenvalue weighted by Gasteiger charge is 2.15. The minimum absolute atomic E-state index is 0.900. The molecule has 0 aliphatic carbocycles. The number of nitrogens with zero attached hydrogens (tertiary/aromatic N) is 2. The van der Waals surface area contributed by atoms with Gasteiger partial charge in [0.05, 0.1) is 11.0 Å². The Morgan fingerprint density at radius 2 is 0.792 bits per heavy atom. The fourth-order valence-corrected chi connectivity index (χ4v) is 7.02. The first-order valence-corrected chi connectivity index (χ1v) is 18.3. The van der Waals surface area contributed by atoms with Crippen LogP contribution in [0.4, 0.5) is 0 Å². The number of para-hydroxylation sites is 2. The van der Waals surface area contributed by atoms with Crippen molar-refractivity contribution in [2.45, 2.75) is 33.6 Å². The molecule has 0 radical (unpaired) electrons. The van der Waals surface area contributed by atoms with Gasteiger partial charge in [0, 0.05) is 33.5 Å². The van der Waals surface area contributed by atoms with E-state index in [0.717, 1.165) is 24.2 Å². The molecule has 0 aliphatic rings.